The molecule has 2 heterocycles. The predicted octanol–water partition coefficient (Wildman–Crippen LogP) is 10.1. The zero-order valence-corrected chi connectivity index (χ0v) is 21.8. The predicted molar refractivity (Wildman–Crippen MR) is 168 cm³/mol. The fraction of sp³-hybridized carbons (Fsp3) is 0. The third kappa shape index (κ3) is 3.58. The molecule has 2 heteroatoms. The van der Waals surface area contributed by atoms with Crippen LogP contribution in [0.15, 0.2) is 146 Å². The molecule has 0 aliphatic rings. The van der Waals surface area contributed by atoms with Gasteiger partial charge in [-0.25, -0.2) is 0 Å². The van der Waals surface area contributed by atoms with Crippen LogP contribution in [-0.4, -0.2) is 9.97 Å². The van der Waals surface area contributed by atoms with E-state index in [9.17, 15) is 0 Å². The van der Waals surface area contributed by atoms with E-state index in [-0.39, 0.29) is 0 Å². The van der Waals surface area contributed by atoms with Crippen molar-refractivity contribution in [1.29, 1.82) is 0 Å². The maximum atomic E-state index is 4.90. The smallest absolute Gasteiger partial charge is 0.0964 e. The maximum Gasteiger partial charge on any atom is 0.0964 e. The van der Waals surface area contributed by atoms with E-state index in [1.807, 2.05) is 18.5 Å². The molecule has 0 saturated carbocycles. The minimum Gasteiger partial charge on any atom is -0.254 e. The van der Waals surface area contributed by atoms with Gasteiger partial charge in [-0.3, -0.25) is 9.97 Å². The largest absolute Gasteiger partial charge is 0.254 e. The van der Waals surface area contributed by atoms with E-state index in [0.717, 1.165) is 32.9 Å². The van der Waals surface area contributed by atoms with Crippen LogP contribution in [0.25, 0.3) is 76.7 Å². The molecular weight excluding hydrogens is 484 g/mol. The van der Waals surface area contributed by atoms with E-state index in [4.69, 9.17) is 4.98 Å². The van der Waals surface area contributed by atoms with Crippen molar-refractivity contribution in [1.82, 2.24) is 9.97 Å². The molecule has 40 heavy (non-hydrogen) atoms. The van der Waals surface area contributed by atoms with Crippen LogP contribution in [0.2, 0.25) is 0 Å². The Hall–Kier alpha value is -5.34. The second-order valence-electron chi connectivity index (χ2n) is 10.2. The van der Waals surface area contributed by atoms with Crippen molar-refractivity contribution in [3.63, 3.8) is 0 Å². The number of fused-ring (bicyclic) bond motifs is 5. The van der Waals surface area contributed by atoms with E-state index in [2.05, 4.69) is 132 Å². The quantitative estimate of drug-likeness (QED) is 0.175. The van der Waals surface area contributed by atoms with Gasteiger partial charge in [0.05, 0.1) is 11.0 Å². The van der Waals surface area contributed by atoms with Crippen molar-refractivity contribution in [2.75, 3.05) is 0 Å². The first-order valence-corrected chi connectivity index (χ1v) is 13.6. The van der Waals surface area contributed by atoms with Crippen molar-refractivity contribution in [2.45, 2.75) is 0 Å². The Balaban J connectivity index is 1.44. The second kappa shape index (κ2) is 9.14. The van der Waals surface area contributed by atoms with Gasteiger partial charge in [0.25, 0.3) is 0 Å². The summed E-state index contributed by atoms with van der Waals surface area (Å²) >= 11 is 0. The van der Waals surface area contributed by atoms with Gasteiger partial charge in [-0.15, -0.1) is 0 Å². The van der Waals surface area contributed by atoms with Gasteiger partial charge in [0.15, 0.2) is 0 Å². The van der Waals surface area contributed by atoms with Gasteiger partial charge < -0.3 is 0 Å². The van der Waals surface area contributed by atoms with E-state index in [1.54, 1.807) is 0 Å². The van der Waals surface area contributed by atoms with Gasteiger partial charge >= 0.3 is 0 Å². The summed E-state index contributed by atoms with van der Waals surface area (Å²) in [6.07, 6.45) is 3.82. The molecule has 6 aromatic carbocycles. The lowest BCUT2D eigenvalue weighted by Gasteiger charge is -2.18. The Morgan fingerprint density at radius 1 is 0.350 bits per heavy atom. The average molecular weight is 509 g/mol. The molecule has 8 rings (SSSR count). The third-order valence-corrected chi connectivity index (χ3v) is 7.91. The highest BCUT2D eigenvalue weighted by atomic mass is 14.7. The fourth-order valence-electron chi connectivity index (χ4n) is 6.08. The van der Waals surface area contributed by atoms with Crippen LogP contribution in [0, 0.1) is 0 Å². The van der Waals surface area contributed by atoms with E-state index >= 15 is 0 Å². The zero-order chi connectivity index (χ0) is 26.5. The number of rotatable bonds is 3. The molecule has 0 unspecified atom stereocenters. The fourth-order valence-corrected chi connectivity index (χ4v) is 6.08. The maximum absolute atomic E-state index is 4.90. The molecule has 2 nitrogen and oxygen atoms in total. The van der Waals surface area contributed by atoms with Crippen molar-refractivity contribution in [2.24, 2.45) is 0 Å². The van der Waals surface area contributed by atoms with Gasteiger partial charge in [0.1, 0.15) is 0 Å². The molecule has 0 aliphatic carbocycles. The molecule has 2 aromatic heterocycles. The Labute approximate surface area is 232 Å². The molecule has 0 radical (unpaired) electrons. The lowest BCUT2D eigenvalue weighted by Crippen LogP contribution is -1.92. The highest BCUT2D eigenvalue weighted by molar-refractivity contribution is 6.22. The summed E-state index contributed by atoms with van der Waals surface area (Å²) in [7, 11) is 0. The summed E-state index contributed by atoms with van der Waals surface area (Å²) < 4.78 is 0. The Morgan fingerprint density at radius 3 is 1.68 bits per heavy atom. The zero-order valence-electron chi connectivity index (χ0n) is 21.8. The van der Waals surface area contributed by atoms with Crippen LogP contribution in [0.1, 0.15) is 0 Å². The number of hydrogen-bond acceptors (Lipinski definition) is 2. The van der Waals surface area contributed by atoms with Crippen LogP contribution < -0.4 is 0 Å². The molecule has 8 aromatic rings. The molecule has 0 atom stereocenters. The lowest BCUT2D eigenvalue weighted by molar-refractivity contribution is 1.37. The van der Waals surface area contributed by atoms with Crippen molar-refractivity contribution >= 4 is 43.4 Å². The summed E-state index contributed by atoms with van der Waals surface area (Å²) in [5.74, 6) is 0. The van der Waals surface area contributed by atoms with E-state index in [1.165, 1.54) is 43.8 Å². The van der Waals surface area contributed by atoms with E-state index in [0.29, 0.717) is 0 Å². The van der Waals surface area contributed by atoms with Crippen LogP contribution in [0.4, 0.5) is 0 Å². The summed E-state index contributed by atoms with van der Waals surface area (Å²) in [6.45, 7) is 0. The van der Waals surface area contributed by atoms with Crippen LogP contribution in [-0.2, 0) is 0 Å². The molecule has 0 N–H and O–H groups in total. The summed E-state index contributed by atoms with van der Waals surface area (Å²) in [4.78, 5) is 9.50. The van der Waals surface area contributed by atoms with Gasteiger partial charge in [-0.2, -0.15) is 0 Å². The first-order chi connectivity index (χ1) is 19.8. The number of benzene rings is 6. The van der Waals surface area contributed by atoms with Crippen molar-refractivity contribution < 1.29 is 0 Å². The van der Waals surface area contributed by atoms with Crippen molar-refractivity contribution in [3.8, 4) is 33.4 Å². The van der Waals surface area contributed by atoms with Crippen LogP contribution >= 0.6 is 0 Å². The second-order valence-corrected chi connectivity index (χ2v) is 10.2. The number of aromatic nitrogens is 2. The van der Waals surface area contributed by atoms with Crippen LogP contribution in [0.5, 0.6) is 0 Å². The van der Waals surface area contributed by atoms with Gasteiger partial charge in [-0.1, -0.05) is 115 Å². The number of pyridine rings is 2. The number of hydrogen-bond donors (Lipinski definition) is 0. The Morgan fingerprint density at radius 2 is 0.950 bits per heavy atom. The van der Waals surface area contributed by atoms with Gasteiger partial charge in [0, 0.05) is 28.7 Å². The molecule has 0 fully saturated rings. The van der Waals surface area contributed by atoms with Gasteiger partial charge in [0.2, 0.25) is 0 Å². The molecule has 0 bridgehead atoms. The normalized spacial score (nSPS) is 11.5. The summed E-state index contributed by atoms with van der Waals surface area (Å²) in [5.41, 5.74) is 9.09. The minimum absolute atomic E-state index is 0.935. The number of nitrogens with zero attached hydrogens (tertiary/aromatic N) is 2. The minimum atomic E-state index is 0.935. The SMILES string of the molecule is c1ccc(-c2c3ccccc3c(-c3ccccc3)c3cc(-c4cnc5c(ccc6cccnc65)c4)ccc23)cc1. The first-order valence-electron chi connectivity index (χ1n) is 13.6. The highest BCUT2D eigenvalue weighted by Gasteiger charge is 2.17. The van der Waals surface area contributed by atoms with Crippen molar-refractivity contribution in [3.05, 3.63) is 146 Å². The molecule has 0 amide bonds. The topological polar surface area (TPSA) is 25.8 Å². The standard InChI is InChI=1S/C38H24N2/c1-3-10-25(11-4-1)35-31-15-7-8-16-32(31)36(26-12-5-2-6-13-26)34-23-28(19-20-33(34)35)30-22-29-18-17-27-14-9-21-39-37(27)38(29)40-24-30/h1-24H. The monoisotopic (exact) mass is 508 g/mol. The average Bonchev–Trinajstić information content (AvgIpc) is 3.03. The van der Waals surface area contributed by atoms with E-state index < -0.39 is 0 Å². The Kier molecular flexibility index (Phi) is 5.17. The lowest BCUT2D eigenvalue weighted by atomic mass is 9.85. The summed E-state index contributed by atoms with van der Waals surface area (Å²) in [5, 5.41) is 7.20. The van der Waals surface area contributed by atoms with Gasteiger partial charge in [-0.05, 0) is 67.6 Å². The highest BCUT2D eigenvalue weighted by Crippen LogP contribution is 2.44. The Bertz CT molecular complexity index is 2200. The molecule has 0 saturated heterocycles. The molecular formula is C38H24N2. The molecule has 0 aliphatic heterocycles. The van der Waals surface area contributed by atoms with Crippen LogP contribution in [0.3, 0.4) is 0 Å². The molecule has 186 valence electrons. The first kappa shape index (κ1) is 22.6. The molecule has 0 spiro atoms. The third-order valence-electron chi connectivity index (χ3n) is 7.91. The summed E-state index contributed by atoms with van der Waals surface area (Å²) in [6, 6.07) is 47.7.